The average molecular weight is 511 g/mol. The number of ether oxygens (including phenoxy) is 1. The van der Waals surface area contributed by atoms with Gasteiger partial charge in [-0.1, -0.05) is 52.2 Å². The number of hydrogen-bond donors (Lipinski definition) is 0. The van der Waals surface area contributed by atoms with Crippen LogP contribution < -0.4 is 5.56 Å². The molecule has 1 fully saturated rings. The molecule has 0 spiro atoms. The first-order valence-electron chi connectivity index (χ1n) is 14.6. The predicted molar refractivity (Wildman–Crippen MR) is 153 cm³/mol. The number of aryl methyl sites for hydroxylation is 1. The second-order valence-corrected chi connectivity index (χ2v) is 11.3. The molecule has 2 aliphatic carbocycles. The van der Waals surface area contributed by atoms with Gasteiger partial charge in [0.05, 0.1) is 12.1 Å². The van der Waals surface area contributed by atoms with Crippen molar-refractivity contribution in [2.24, 2.45) is 11.8 Å². The third-order valence-electron chi connectivity index (χ3n) is 8.88. The number of pyridine rings is 1. The number of benzene rings is 1. The lowest BCUT2D eigenvalue weighted by molar-refractivity contribution is 0.169. The standard InChI is InChI=1S/C33H38N2O3/c1-4-21-8-6-9-23(14-12-21)33-35-32(36)29-27(38-33)19-26(28-22(5-2)15-16-34-30(28)29)24-13-11-20(3)31-25(18-24)10-7-17-37-31/h11,13,15-16,18-21,23H,4-10,12,14,17H2,1-3H3. The van der Waals surface area contributed by atoms with Crippen molar-refractivity contribution in [1.82, 2.24) is 9.97 Å². The van der Waals surface area contributed by atoms with Crippen LogP contribution in [0.1, 0.15) is 95.1 Å². The molecule has 0 N–H and O–H groups in total. The minimum atomic E-state index is -0.223. The highest BCUT2D eigenvalue weighted by molar-refractivity contribution is 6.10. The molecule has 1 aliphatic heterocycles. The second kappa shape index (κ2) is 10.5. The van der Waals surface area contributed by atoms with Crippen LogP contribution >= 0.6 is 0 Å². The summed E-state index contributed by atoms with van der Waals surface area (Å²) < 4.78 is 12.6. The van der Waals surface area contributed by atoms with E-state index in [1.54, 1.807) is 0 Å². The van der Waals surface area contributed by atoms with Crippen LogP contribution in [0.5, 0.6) is 0 Å². The van der Waals surface area contributed by atoms with Gasteiger partial charge in [0, 0.05) is 23.4 Å². The largest absolute Gasteiger partial charge is 0.497 e. The molecule has 0 radical (unpaired) electrons. The molecule has 3 unspecified atom stereocenters. The monoisotopic (exact) mass is 510 g/mol. The van der Waals surface area contributed by atoms with Gasteiger partial charge in [-0.05, 0) is 84.9 Å². The van der Waals surface area contributed by atoms with E-state index in [1.807, 2.05) is 6.20 Å². The minimum Gasteiger partial charge on any atom is -0.497 e. The summed E-state index contributed by atoms with van der Waals surface area (Å²) in [6.45, 7) is 7.40. The fraction of sp³-hybridized carbons (Fsp3) is 0.485. The fourth-order valence-electron chi connectivity index (χ4n) is 6.66. The first-order chi connectivity index (χ1) is 18.6. The van der Waals surface area contributed by atoms with E-state index in [4.69, 9.17) is 14.1 Å². The first-order valence-corrected chi connectivity index (χ1v) is 14.6. The van der Waals surface area contributed by atoms with Crippen molar-refractivity contribution in [2.75, 3.05) is 6.61 Å². The number of nitrogens with zero attached hydrogens (tertiary/aromatic N) is 2. The number of hydrogen-bond acceptors (Lipinski definition) is 5. The third kappa shape index (κ3) is 4.50. The zero-order chi connectivity index (χ0) is 26.2. The van der Waals surface area contributed by atoms with Crippen molar-refractivity contribution in [3.05, 3.63) is 75.3 Å². The Morgan fingerprint density at radius 1 is 1.08 bits per heavy atom. The van der Waals surface area contributed by atoms with Crippen LogP contribution in [-0.2, 0) is 11.2 Å². The Kier molecular flexibility index (Phi) is 6.94. The molecular weight excluding hydrogens is 472 g/mol. The van der Waals surface area contributed by atoms with Gasteiger partial charge in [0.25, 0.3) is 5.56 Å². The first kappa shape index (κ1) is 25.1. The summed E-state index contributed by atoms with van der Waals surface area (Å²) in [6.07, 6.45) is 18.3. The van der Waals surface area contributed by atoms with Gasteiger partial charge < -0.3 is 9.15 Å². The van der Waals surface area contributed by atoms with E-state index in [2.05, 4.69) is 56.1 Å². The van der Waals surface area contributed by atoms with E-state index in [0.717, 1.165) is 73.3 Å². The lowest BCUT2D eigenvalue weighted by Gasteiger charge is -2.22. The Labute approximate surface area is 224 Å². The van der Waals surface area contributed by atoms with Crippen LogP contribution in [-0.4, -0.2) is 16.6 Å². The number of rotatable bonds is 4. The summed E-state index contributed by atoms with van der Waals surface area (Å²) in [4.78, 5) is 22.8. The normalized spacial score (nSPS) is 24.1. The average Bonchev–Trinajstić information content (AvgIpc) is 3.28. The molecule has 0 saturated heterocycles. The molecule has 2 aromatic heterocycles. The van der Waals surface area contributed by atoms with E-state index in [0.29, 0.717) is 22.4 Å². The predicted octanol–water partition coefficient (Wildman–Crippen LogP) is 8.03. The number of aromatic nitrogens is 2. The van der Waals surface area contributed by atoms with Crippen LogP contribution in [0.4, 0.5) is 0 Å². The molecule has 1 aromatic carbocycles. The Balaban J connectivity index is 1.56. The topological polar surface area (TPSA) is 65.2 Å². The lowest BCUT2D eigenvalue weighted by atomic mass is 9.92. The third-order valence-corrected chi connectivity index (χ3v) is 8.88. The van der Waals surface area contributed by atoms with Gasteiger partial charge in [0.2, 0.25) is 5.89 Å². The van der Waals surface area contributed by atoms with Crippen molar-refractivity contribution >= 4 is 27.4 Å². The van der Waals surface area contributed by atoms with E-state index in [-0.39, 0.29) is 17.4 Å². The molecule has 6 rings (SSSR count). The van der Waals surface area contributed by atoms with E-state index < -0.39 is 0 Å². The van der Waals surface area contributed by atoms with Gasteiger partial charge in [-0.25, -0.2) is 0 Å². The van der Waals surface area contributed by atoms with E-state index in [9.17, 15) is 4.79 Å². The summed E-state index contributed by atoms with van der Waals surface area (Å²) in [7, 11) is 0. The zero-order valence-corrected chi connectivity index (χ0v) is 22.9. The molecule has 0 amide bonds. The Hall–Kier alpha value is -3.21. The lowest BCUT2D eigenvalue weighted by Crippen LogP contribution is -2.14. The van der Waals surface area contributed by atoms with Crippen molar-refractivity contribution in [3.8, 4) is 0 Å². The summed E-state index contributed by atoms with van der Waals surface area (Å²) in [5.74, 6) is 2.87. The summed E-state index contributed by atoms with van der Waals surface area (Å²) in [6, 6.07) is 4.14. The summed E-state index contributed by atoms with van der Waals surface area (Å²) in [5.41, 5.74) is 5.68. The Morgan fingerprint density at radius 2 is 1.97 bits per heavy atom. The molecule has 3 atom stereocenters. The fourth-order valence-corrected chi connectivity index (χ4v) is 6.66. The SMILES string of the molecule is CCc1ccnc2c1c(C1=CC3=C(OCCC3)C(C)C=C1)cc1oc(C3CCCC(CC)CC3)nc(=O)c12. The van der Waals surface area contributed by atoms with Gasteiger partial charge in [-0.2, -0.15) is 4.98 Å². The van der Waals surface area contributed by atoms with Crippen LogP contribution in [0.25, 0.3) is 27.4 Å². The minimum absolute atomic E-state index is 0.197. The molecule has 3 aliphatic rings. The van der Waals surface area contributed by atoms with Gasteiger partial charge in [0.1, 0.15) is 16.7 Å². The highest BCUT2D eigenvalue weighted by atomic mass is 16.5. The molecular formula is C33H38N2O3. The van der Waals surface area contributed by atoms with Crippen LogP contribution in [0, 0.1) is 11.8 Å². The molecule has 3 heterocycles. The van der Waals surface area contributed by atoms with Crippen molar-refractivity contribution in [2.45, 2.75) is 84.5 Å². The van der Waals surface area contributed by atoms with E-state index >= 15 is 0 Å². The molecule has 0 bridgehead atoms. The Bertz CT molecular complexity index is 1530. The van der Waals surface area contributed by atoms with Gasteiger partial charge >= 0.3 is 0 Å². The second-order valence-electron chi connectivity index (χ2n) is 11.3. The highest BCUT2D eigenvalue weighted by Crippen LogP contribution is 2.39. The number of allylic oxidation sites excluding steroid dienone is 5. The van der Waals surface area contributed by atoms with Gasteiger partial charge in [-0.3, -0.25) is 9.78 Å². The molecule has 3 aromatic rings. The molecule has 5 nitrogen and oxygen atoms in total. The summed E-state index contributed by atoms with van der Waals surface area (Å²) >= 11 is 0. The maximum atomic E-state index is 13.6. The number of fused-ring (bicyclic) bond motifs is 3. The van der Waals surface area contributed by atoms with Crippen molar-refractivity contribution < 1.29 is 9.15 Å². The molecule has 5 heteroatoms. The maximum absolute atomic E-state index is 13.6. The maximum Gasteiger partial charge on any atom is 0.286 e. The summed E-state index contributed by atoms with van der Waals surface area (Å²) in [5, 5.41) is 1.52. The van der Waals surface area contributed by atoms with Crippen molar-refractivity contribution in [3.63, 3.8) is 0 Å². The van der Waals surface area contributed by atoms with Gasteiger partial charge in [-0.15, -0.1) is 0 Å². The smallest absolute Gasteiger partial charge is 0.286 e. The van der Waals surface area contributed by atoms with Crippen LogP contribution in [0.3, 0.4) is 0 Å². The quantitative estimate of drug-likeness (QED) is 0.263. The zero-order valence-electron chi connectivity index (χ0n) is 22.9. The molecule has 198 valence electrons. The molecule has 38 heavy (non-hydrogen) atoms. The van der Waals surface area contributed by atoms with Crippen molar-refractivity contribution in [1.29, 1.82) is 0 Å². The van der Waals surface area contributed by atoms with Crippen LogP contribution in [0.15, 0.2) is 57.1 Å². The Morgan fingerprint density at radius 3 is 2.82 bits per heavy atom. The highest BCUT2D eigenvalue weighted by Gasteiger charge is 2.26. The van der Waals surface area contributed by atoms with Crippen LogP contribution in [0.2, 0.25) is 0 Å². The molecule has 1 saturated carbocycles. The van der Waals surface area contributed by atoms with E-state index in [1.165, 1.54) is 30.4 Å². The van der Waals surface area contributed by atoms with Gasteiger partial charge in [0.15, 0.2) is 0 Å².